The normalized spacial score (nSPS) is 22.8. The fourth-order valence-corrected chi connectivity index (χ4v) is 2.68. The Bertz CT molecular complexity index is 442. The maximum atomic E-state index is 12.2. The van der Waals surface area contributed by atoms with E-state index >= 15 is 0 Å². The largest absolute Gasteiger partial charge is 0.388 e. The Morgan fingerprint density at radius 3 is 2.67 bits per heavy atom. The van der Waals surface area contributed by atoms with E-state index in [0.717, 1.165) is 23.2 Å². The molecule has 0 heterocycles. The van der Waals surface area contributed by atoms with Crippen LogP contribution in [-0.4, -0.2) is 19.0 Å². The number of carbonyl (C=O) groups is 1. The molecule has 1 aromatic carbocycles. The van der Waals surface area contributed by atoms with Crippen LogP contribution in [0.4, 0.5) is 5.69 Å². The number of carbonyl (C=O) groups excluding carboxylic acids is 1. The van der Waals surface area contributed by atoms with E-state index in [4.69, 9.17) is 0 Å². The maximum absolute atomic E-state index is 12.2. The van der Waals surface area contributed by atoms with Crippen molar-refractivity contribution >= 4 is 11.6 Å². The molecule has 0 spiro atoms. The van der Waals surface area contributed by atoms with Crippen LogP contribution < -0.4 is 10.6 Å². The van der Waals surface area contributed by atoms with Crippen LogP contribution in [0.25, 0.3) is 0 Å². The molecule has 0 radical (unpaired) electrons. The predicted octanol–water partition coefficient (Wildman–Crippen LogP) is 2.96. The van der Waals surface area contributed by atoms with E-state index in [0.29, 0.717) is 12.0 Å². The molecule has 0 aromatic heterocycles. The van der Waals surface area contributed by atoms with Crippen molar-refractivity contribution in [3.05, 3.63) is 29.3 Å². The fraction of sp³-hybridized carbons (Fsp3) is 0.533. The van der Waals surface area contributed by atoms with Gasteiger partial charge in [-0.1, -0.05) is 13.3 Å². The highest BCUT2D eigenvalue weighted by Crippen LogP contribution is 2.25. The molecule has 0 bridgehead atoms. The number of benzene rings is 1. The van der Waals surface area contributed by atoms with E-state index < -0.39 is 0 Å². The lowest BCUT2D eigenvalue weighted by atomic mass is 10.0. The Balaban J connectivity index is 2.09. The van der Waals surface area contributed by atoms with Gasteiger partial charge in [0.1, 0.15) is 0 Å². The van der Waals surface area contributed by atoms with Crippen molar-refractivity contribution < 1.29 is 4.79 Å². The van der Waals surface area contributed by atoms with Crippen LogP contribution in [0.5, 0.6) is 0 Å². The summed E-state index contributed by atoms with van der Waals surface area (Å²) in [5.74, 6) is 0.666. The van der Waals surface area contributed by atoms with Crippen molar-refractivity contribution in [2.24, 2.45) is 5.92 Å². The molecular weight excluding hydrogens is 224 g/mol. The van der Waals surface area contributed by atoms with E-state index in [1.165, 1.54) is 12.8 Å². The maximum Gasteiger partial charge on any atom is 0.251 e. The molecule has 1 fully saturated rings. The van der Waals surface area contributed by atoms with Gasteiger partial charge in [-0.05, 0) is 49.4 Å². The summed E-state index contributed by atoms with van der Waals surface area (Å²) in [6.45, 7) is 4.20. The summed E-state index contributed by atoms with van der Waals surface area (Å²) in [5, 5.41) is 6.25. The van der Waals surface area contributed by atoms with Crippen LogP contribution >= 0.6 is 0 Å². The van der Waals surface area contributed by atoms with E-state index in [2.05, 4.69) is 17.6 Å². The first-order valence-electron chi connectivity index (χ1n) is 6.71. The number of aryl methyl sites for hydroxylation is 1. The lowest BCUT2D eigenvalue weighted by Gasteiger charge is -2.18. The quantitative estimate of drug-likeness (QED) is 0.861. The molecule has 2 atom stereocenters. The van der Waals surface area contributed by atoms with Crippen molar-refractivity contribution in [1.82, 2.24) is 5.32 Å². The van der Waals surface area contributed by atoms with Gasteiger partial charge in [-0.2, -0.15) is 0 Å². The van der Waals surface area contributed by atoms with Gasteiger partial charge in [0.15, 0.2) is 0 Å². The topological polar surface area (TPSA) is 41.1 Å². The third-order valence-electron chi connectivity index (χ3n) is 3.94. The minimum atomic E-state index is 0.0638. The first kappa shape index (κ1) is 12.9. The first-order valence-corrected chi connectivity index (χ1v) is 6.71. The Labute approximate surface area is 109 Å². The Morgan fingerprint density at radius 1 is 1.33 bits per heavy atom. The Morgan fingerprint density at radius 2 is 2.11 bits per heavy atom. The lowest BCUT2D eigenvalue weighted by Crippen LogP contribution is -2.36. The summed E-state index contributed by atoms with van der Waals surface area (Å²) >= 11 is 0. The van der Waals surface area contributed by atoms with Gasteiger partial charge in [0.05, 0.1) is 0 Å². The molecule has 1 aliphatic carbocycles. The highest BCUT2D eigenvalue weighted by atomic mass is 16.1. The van der Waals surface area contributed by atoms with Crippen molar-refractivity contribution in [1.29, 1.82) is 0 Å². The highest BCUT2D eigenvalue weighted by molar-refractivity contribution is 5.96. The Kier molecular flexibility index (Phi) is 3.90. The minimum absolute atomic E-state index is 0.0638. The van der Waals surface area contributed by atoms with E-state index in [1.807, 2.05) is 32.2 Å². The highest BCUT2D eigenvalue weighted by Gasteiger charge is 2.25. The number of nitrogens with one attached hydrogen (secondary N) is 2. The van der Waals surface area contributed by atoms with Crippen LogP contribution in [0.1, 0.15) is 42.1 Å². The van der Waals surface area contributed by atoms with Crippen molar-refractivity contribution in [3.8, 4) is 0 Å². The number of rotatable bonds is 3. The first-order chi connectivity index (χ1) is 8.61. The molecule has 2 N–H and O–H groups in total. The van der Waals surface area contributed by atoms with Gasteiger partial charge in [0.2, 0.25) is 0 Å². The van der Waals surface area contributed by atoms with Gasteiger partial charge in [0, 0.05) is 24.3 Å². The van der Waals surface area contributed by atoms with Gasteiger partial charge < -0.3 is 10.6 Å². The fourth-order valence-electron chi connectivity index (χ4n) is 2.68. The smallest absolute Gasteiger partial charge is 0.251 e. The zero-order valence-corrected chi connectivity index (χ0v) is 11.4. The van der Waals surface area contributed by atoms with Gasteiger partial charge in [-0.25, -0.2) is 0 Å². The molecular formula is C15H22N2O. The number of amides is 1. The third-order valence-corrected chi connectivity index (χ3v) is 3.94. The summed E-state index contributed by atoms with van der Waals surface area (Å²) in [6.07, 6.45) is 3.56. The van der Waals surface area contributed by atoms with Crippen molar-refractivity contribution in [3.63, 3.8) is 0 Å². The van der Waals surface area contributed by atoms with E-state index in [1.54, 1.807) is 0 Å². The molecule has 3 nitrogen and oxygen atoms in total. The van der Waals surface area contributed by atoms with Crippen molar-refractivity contribution in [2.45, 2.75) is 39.2 Å². The Hall–Kier alpha value is -1.51. The lowest BCUT2D eigenvalue weighted by molar-refractivity contribution is 0.0929. The summed E-state index contributed by atoms with van der Waals surface area (Å²) in [7, 11) is 1.88. The van der Waals surface area contributed by atoms with Gasteiger partial charge in [-0.15, -0.1) is 0 Å². The van der Waals surface area contributed by atoms with Gasteiger partial charge >= 0.3 is 0 Å². The number of hydrogen-bond acceptors (Lipinski definition) is 2. The van der Waals surface area contributed by atoms with Crippen LogP contribution in [0, 0.1) is 12.8 Å². The predicted molar refractivity (Wildman–Crippen MR) is 75.0 cm³/mol. The zero-order valence-electron chi connectivity index (χ0n) is 11.4. The molecule has 2 unspecified atom stereocenters. The molecule has 1 saturated carbocycles. The molecule has 0 aliphatic heterocycles. The van der Waals surface area contributed by atoms with Gasteiger partial charge in [-0.3, -0.25) is 4.79 Å². The second-order valence-corrected chi connectivity index (χ2v) is 5.27. The van der Waals surface area contributed by atoms with Crippen LogP contribution in [0.2, 0.25) is 0 Å². The van der Waals surface area contributed by atoms with Crippen LogP contribution in [-0.2, 0) is 0 Å². The average molecular weight is 246 g/mol. The molecule has 3 heteroatoms. The van der Waals surface area contributed by atoms with Crippen LogP contribution in [0.3, 0.4) is 0 Å². The number of anilines is 1. The SMILES string of the molecule is CNc1ccc(C(=O)NC2CCCC2C)c(C)c1. The molecule has 1 aliphatic rings. The molecule has 98 valence electrons. The zero-order chi connectivity index (χ0) is 13.1. The van der Waals surface area contributed by atoms with Crippen molar-refractivity contribution in [2.75, 3.05) is 12.4 Å². The van der Waals surface area contributed by atoms with E-state index in [-0.39, 0.29) is 5.91 Å². The summed E-state index contributed by atoms with van der Waals surface area (Å²) in [5.41, 5.74) is 2.84. The monoisotopic (exact) mass is 246 g/mol. The summed E-state index contributed by atoms with van der Waals surface area (Å²) in [6, 6.07) is 6.20. The van der Waals surface area contributed by atoms with E-state index in [9.17, 15) is 4.79 Å². The second-order valence-electron chi connectivity index (χ2n) is 5.27. The van der Waals surface area contributed by atoms with Crippen LogP contribution in [0.15, 0.2) is 18.2 Å². The molecule has 1 aromatic rings. The second kappa shape index (κ2) is 5.42. The third kappa shape index (κ3) is 2.66. The molecule has 2 rings (SSSR count). The summed E-state index contributed by atoms with van der Waals surface area (Å²) < 4.78 is 0. The average Bonchev–Trinajstić information content (AvgIpc) is 2.74. The molecule has 18 heavy (non-hydrogen) atoms. The minimum Gasteiger partial charge on any atom is -0.388 e. The standard InChI is InChI=1S/C15H22N2O/c1-10-5-4-6-14(10)17-15(18)13-8-7-12(16-3)9-11(13)2/h7-10,14,16H,4-6H2,1-3H3,(H,17,18). The molecule has 0 saturated heterocycles. The summed E-state index contributed by atoms with van der Waals surface area (Å²) in [4.78, 5) is 12.2. The number of hydrogen-bond donors (Lipinski definition) is 2. The van der Waals surface area contributed by atoms with Gasteiger partial charge in [0.25, 0.3) is 5.91 Å². The molecule has 1 amide bonds.